The molecule has 0 amide bonds. The number of halogens is 5. The maximum Gasteiger partial charge on any atom is 0.451 e. The molecular weight excluding hydrogens is 419 g/mol. The van der Waals surface area contributed by atoms with Gasteiger partial charge in [-0.1, -0.05) is 0 Å². The number of hydrogen-bond donors (Lipinski definition) is 0. The molecule has 1 aliphatic rings. The van der Waals surface area contributed by atoms with E-state index in [9.17, 15) is 13.2 Å². The van der Waals surface area contributed by atoms with E-state index in [4.69, 9.17) is 0 Å². The lowest BCUT2D eigenvalue weighted by molar-refractivity contribution is -0.147. The molecule has 10 heteroatoms. The fourth-order valence-corrected chi connectivity index (χ4v) is 3.43. The van der Waals surface area contributed by atoms with E-state index >= 15 is 0 Å². The first-order valence-corrected chi connectivity index (χ1v) is 7.50. The minimum atomic E-state index is -4.48. The Labute approximate surface area is 134 Å². The predicted octanol–water partition coefficient (Wildman–Crippen LogP) is 3.24. The van der Waals surface area contributed by atoms with Crippen molar-refractivity contribution in [2.75, 3.05) is 11.4 Å². The highest BCUT2D eigenvalue weighted by molar-refractivity contribution is 9.11. The molecule has 0 unspecified atom stereocenters. The molecular formula is C11H8Br2F3N5. The van der Waals surface area contributed by atoms with Crippen LogP contribution in [0.4, 0.5) is 19.0 Å². The maximum absolute atomic E-state index is 12.8. The zero-order valence-electron chi connectivity index (χ0n) is 10.4. The summed E-state index contributed by atoms with van der Waals surface area (Å²) in [5.41, 5.74) is 0. The van der Waals surface area contributed by atoms with Crippen LogP contribution in [0.1, 0.15) is 11.6 Å². The highest BCUT2D eigenvalue weighted by Crippen LogP contribution is 2.32. The summed E-state index contributed by atoms with van der Waals surface area (Å²) in [5, 5.41) is 6.90. The highest BCUT2D eigenvalue weighted by atomic mass is 79.9. The Bertz CT molecular complexity index is 685. The van der Waals surface area contributed by atoms with Crippen LogP contribution in [0.2, 0.25) is 0 Å². The highest BCUT2D eigenvalue weighted by Gasteiger charge is 2.39. The van der Waals surface area contributed by atoms with Crippen LogP contribution in [-0.4, -0.2) is 26.3 Å². The van der Waals surface area contributed by atoms with Crippen molar-refractivity contribution in [2.45, 2.75) is 19.3 Å². The van der Waals surface area contributed by atoms with Gasteiger partial charge in [-0.05, 0) is 37.9 Å². The molecule has 1 aliphatic heterocycles. The van der Waals surface area contributed by atoms with Gasteiger partial charge >= 0.3 is 6.18 Å². The van der Waals surface area contributed by atoms with Crippen molar-refractivity contribution in [3.05, 3.63) is 32.9 Å². The van der Waals surface area contributed by atoms with Crippen LogP contribution < -0.4 is 4.90 Å². The van der Waals surface area contributed by atoms with E-state index in [0.717, 1.165) is 13.5 Å². The first-order chi connectivity index (χ1) is 9.86. The van der Waals surface area contributed by atoms with Gasteiger partial charge < -0.3 is 9.47 Å². The molecule has 112 valence electrons. The van der Waals surface area contributed by atoms with E-state index in [2.05, 4.69) is 47.0 Å². The van der Waals surface area contributed by atoms with Gasteiger partial charge in [0.25, 0.3) is 0 Å². The number of anilines is 1. The molecule has 0 fully saturated rings. The number of alkyl halides is 3. The Morgan fingerprint density at radius 2 is 1.90 bits per heavy atom. The van der Waals surface area contributed by atoms with Gasteiger partial charge in [-0.2, -0.15) is 13.2 Å². The number of pyridine rings is 1. The third kappa shape index (κ3) is 2.78. The second-order valence-electron chi connectivity index (χ2n) is 4.47. The molecule has 21 heavy (non-hydrogen) atoms. The molecule has 2 aromatic rings. The number of rotatable bonds is 1. The second-order valence-corrected chi connectivity index (χ2v) is 6.24. The van der Waals surface area contributed by atoms with Gasteiger partial charge in [-0.25, -0.2) is 4.98 Å². The van der Waals surface area contributed by atoms with Gasteiger partial charge in [0, 0.05) is 23.8 Å². The molecule has 5 nitrogen and oxygen atoms in total. The van der Waals surface area contributed by atoms with Gasteiger partial charge in [-0.15, -0.1) is 10.2 Å². The topological polar surface area (TPSA) is 46.8 Å². The van der Waals surface area contributed by atoms with Crippen molar-refractivity contribution in [1.29, 1.82) is 0 Å². The lowest BCUT2D eigenvalue weighted by Gasteiger charge is -2.29. The van der Waals surface area contributed by atoms with Crippen LogP contribution >= 0.6 is 31.9 Å². The summed E-state index contributed by atoms with van der Waals surface area (Å²) in [7, 11) is 0. The van der Waals surface area contributed by atoms with E-state index in [1.54, 1.807) is 6.20 Å². The van der Waals surface area contributed by atoms with Crippen LogP contribution in [0.15, 0.2) is 21.2 Å². The van der Waals surface area contributed by atoms with E-state index in [1.807, 2.05) is 11.0 Å². The van der Waals surface area contributed by atoms with Gasteiger partial charge in [0.05, 0.1) is 11.0 Å². The van der Waals surface area contributed by atoms with Crippen molar-refractivity contribution >= 4 is 37.7 Å². The minimum Gasteiger partial charge on any atom is -0.346 e. The normalized spacial score (nSPS) is 15.2. The predicted molar refractivity (Wildman–Crippen MR) is 75.7 cm³/mol. The largest absolute Gasteiger partial charge is 0.451 e. The molecule has 3 rings (SSSR count). The van der Waals surface area contributed by atoms with Crippen LogP contribution in [0, 0.1) is 0 Å². The fourth-order valence-electron chi connectivity index (χ4n) is 2.19. The summed E-state index contributed by atoms with van der Waals surface area (Å²) < 4.78 is 41.0. The van der Waals surface area contributed by atoms with Crippen LogP contribution in [0.5, 0.6) is 0 Å². The molecule has 0 saturated carbocycles. The van der Waals surface area contributed by atoms with Gasteiger partial charge in [0.15, 0.2) is 5.82 Å². The third-order valence-electron chi connectivity index (χ3n) is 3.09. The fraction of sp³-hybridized carbons (Fsp3) is 0.364. The molecule has 0 N–H and O–H groups in total. The van der Waals surface area contributed by atoms with Crippen molar-refractivity contribution in [3.8, 4) is 0 Å². The molecule has 0 aliphatic carbocycles. The Morgan fingerprint density at radius 1 is 1.14 bits per heavy atom. The van der Waals surface area contributed by atoms with E-state index in [0.29, 0.717) is 12.4 Å². The van der Waals surface area contributed by atoms with Crippen LogP contribution in [-0.2, 0) is 19.3 Å². The number of aromatic nitrogens is 4. The summed E-state index contributed by atoms with van der Waals surface area (Å²) in [5.74, 6) is 0.00573. The summed E-state index contributed by atoms with van der Waals surface area (Å²) >= 11 is 6.71. The second kappa shape index (κ2) is 5.24. The number of nitrogens with zero attached hydrogens (tertiary/aromatic N) is 5. The number of fused-ring (bicyclic) bond motifs is 1. The summed E-state index contributed by atoms with van der Waals surface area (Å²) in [4.78, 5) is 6.14. The summed E-state index contributed by atoms with van der Waals surface area (Å²) in [6.45, 7) is 0.805. The zero-order valence-corrected chi connectivity index (χ0v) is 13.6. The lowest BCUT2D eigenvalue weighted by Crippen LogP contribution is -2.36. The molecule has 0 saturated heterocycles. The minimum absolute atomic E-state index is 0.168. The first-order valence-electron chi connectivity index (χ1n) is 5.91. The first kappa shape index (κ1) is 14.8. The quantitative estimate of drug-likeness (QED) is 0.702. The molecule has 0 bridgehead atoms. The Morgan fingerprint density at radius 3 is 2.57 bits per heavy atom. The molecule has 2 aromatic heterocycles. The number of hydrogen-bond acceptors (Lipinski definition) is 4. The SMILES string of the molecule is FC(F)(F)c1nnc2n1CCN(c1ncc(Br)cc1Br)C2. The van der Waals surface area contributed by atoms with Crippen molar-refractivity contribution in [2.24, 2.45) is 0 Å². The average molecular weight is 427 g/mol. The van der Waals surface area contributed by atoms with E-state index in [-0.39, 0.29) is 18.9 Å². The molecule has 0 radical (unpaired) electrons. The van der Waals surface area contributed by atoms with Crippen LogP contribution in [0.3, 0.4) is 0 Å². The average Bonchev–Trinajstić information content (AvgIpc) is 2.81. The lowest BCUT2D eigenvalue weighted by atomic mass is 10.3. The Hall–Kier alpha value is -1.16. The zero-order chi connectivity index (χ0) is 15.2. The molecule has 0 aromatic carbocycles. The van der Waals surface area contributed by atoms with Crippen LogP contribution in [0.25, 0.3) is 0 Å². The van der Waals surface area contributed by atoms with Gasteiger partial charge in [0.2, 0.25) is 5.82 Å². The Balaban J connectivity index is 1.90. The van der Waals surface area contributed by atoms with Gasteiger partial charge in [-0.3, -0.25) is 0 Å². The van der Waals surface area contributed by atoms with Gasteiger partial charge in [0.1, 0.15) is 5.82 Å². The standard InChI is InChI=1S/C11H8Br2F3N5/c12-6-3-7(13)9(17-4-6)20-1-2-21-8(5-20)18-19-10(21)11(14,15)16/h3-4H,1-2,5H2. The van der Waals surface area contributed by atoms with Crippen molar-refractivity contribution < 1.29 is 13.2 Å². The maximum atomic E-state index is 12.8. The Kier molecular flexibility index (Phi) is 3.68. The monoisotopic (exact) mass is 425 g/mol. The summed E-state index contributed by atoms with van der Waals surface area (Å²) in [6.07, 6.45) is -2.84. The van der Waals surface area contributed by atoms with Crippen molar-refractivity contribution in [3.63, 3.8) is 0 Å². The smallest absolute Gasteiger partial charge is 0.346 e. The molecule has 3 heterocycles. The molecule has 0 spiro atoms. The van der Waals surface area contributed by atoms with Crippen molar-refractivity contribution in [1.82, 2.24) is 19.7 Å². The molecule has 0 atom stereocenters. The van der Waals surface area contributed by atoms with E-state index < -0.39 is 12.0 Å². The summed E-state index contributed by atoms with van der Waals surface area (Å²) in [6, 6.07) is 1.84. The van der Waals surface area contributed by atoms with E-state index in [1.165, 1.54) is 0 Å². The third-order valence-corrected chi connectivity index (χ3v) is 4.11.